The lowest BCUT2D eigenvalue weighted by Gasteiger charge is -2.14. The summed E-state index contributed by atoms with van der Waals surface area (Å²) in [7, 11) is 1.60. The fourth-order valence-corrected chi connectivity index (χ4v) is 2.10. The van der Waals surface area contributed by atoms with Gasteiger partial charge in [0.25, 0.3) is 0 Å². The van der Waals surface area contributed by atoms with Crippen molar-refractivity contribution in [3.8, 4) is 11.5 Å². The molecule has 0 aliphatic heterocycles. The molecule has 3 nitrogen and oxygen atoms in total. The van der Waals surface area contributed by atoms with Gasteiger partial charge in [-0.1, -0.05) is 48.6 Å². The first-order valence-electron chi connectivity index (χ1n) is 6.36. The molecule has 0 bridgehead atoms. The first-order chi connectivity index (χ1) is 9.72. The molecule has 0 saturated carbocycles. The van der Waals surface area contributed by atoms with Crippen molar-refractivity contribution in [2.24, 2.45) is 5.73 Å². The van der Waals surface area contributed by atoms with Crippen LogP contribution in [0.15, 0.2) is 48.5 Å². The van der Waals surface area contributed by atoms with Crippen molar-refractivity contribution in [1.82, 2.24) is 0 Å². The van der Waals surface area contributed by atoms with Gasteiger partial charge >= 0.3 is 0 Å². The lowest BCUT2D eigenvalue weighted by Crippen LogP contribution is -2.13. The largest absolute Gasteiger partial charge is 0.493 e. The molecule has 0 fully saturated rings. The molecule has 2 aromatic rings. The van der Waals surface area contributed by atoms with Gasteiger partial charge in [0, 0.05) is 6.42 Å². The van der Waals surface area contributed by atoms with Gasteiger partial charge in [-0.25, -0.2) is 0 Å². The molecule has 0 saturated heterocycles. The van der Waals surface area contributed by atoms with E-state index < -0.39 is 0 Å². The molecule has 0 aliphatic carbocycles. The van der Waals surface area contributed by atoms with E-state index in [0.29, 0.717) is 28.7 Å². The Morgan fingerprint density at radius 3 is 2.50 bits per heavy atom. The van der Waals surface area contributed by atoms with Crippen LogP contribution in [0, 0.1) is 0 Å². The second kappa shape index (κ2) is 6.91. The van der Waals surface area contributed by atoms with Gasteiger partial charge in [0.15, 0.2) is 11.5 Å². The third-order valence-electron chi connectivity index (χ3n) is 2.94. The van der Waals surface area contributed by atoms with Crippen LogP contribution in [0.5, 0.6) is 11.5 Å². The second-order valence-electron chi connectivity index (χ2n) is 4.29. The average Bonchev–Trinajstić information content (AvgIpc) is 2.48. The number of hydrogen-bond donors (Lipinski definition) is 1. The van der Waals surface area contributed by atoms with Crippen LogP contribution in [0.2, 0.25) is 0 Å². The average molecular weight is 287 g/mol. The van der Waals surface area contributed by atoms with Gasteiger partial charge in [0.2, 0.25) is 0 Å². The monoisotopic (exact) mass is 287 g/mol. The Kier molecular flexibility index (Phi) is 4.96. The molecule has 0 radical (unpaired) electrons. The van der Waals surface area contributed by atoms with Crippen LogP contribution < -0.4 is 15.2 Å². The van der Waals surface area contributed by atoms with Gasteiger partial charge in [0.1, 0.15) is 4.99 Å². The zero-order valence-corrected chi connectivity index (χ0v) is 12.2. The minimum absolute atomic E-state index is 0.304. The molecule has 0 unspecified atom stereocenters. The maximum Gasteiger partial charge on any atom is 0.171 e. The van der Waals surface area contributed by atoms with Gasteiger partial charge in [-0.3, -0.25) is 0 Å². The van der Waals surface area contributed by atoms with Gasteiger partial charge in [-0.15, -0.1) is 0 Å². The highest BCUT2D eigenvalue weighted by Crippen LogP contribution is 2.31. The first-order valence-corrected chi connectivity index (χ1v) is 6.76. The molecule has 2 aromatic carbocycles. The van der Waals surface area contributed by atoms with Crippen LogP contribution in [0.4, 0.5) is 0 Å². The molecular formula is C16H17NO2S. The SMILES string of the molecule is COc1cccc(C(N)=S)c1OCCc1ccccc1. The quantitative estimate of drug-likeness (QED) is 0.830. The number of ether oxygens (including phenoxy) is 2. The number of hydrogen-bond acceptors (Lipinski definition) is 3. The Morgan fingerprint density at radius 2 is 1.85 bits per heavy atom. The number of nitrogens with two attached hydrogens (primary N) is 1. The third kappa shape index (κ3) is 3.48. The summed E-state index contributed by atoms with van der Waals surface area (Å²) in [5.74, 6) is 1.25. The van der Waals surface area contributed by atoms with E-state index in [2.05, 4.69) is 12.1 Å². The lowest BCUT2D eigenvalue weighted by atomic mass is 10.1. The summed E-state index contributed by atoms with van der Waals surface area (Å²) in [4.78, 5) is 0.304. The molecular weight excluding hydrogens is 270 g/mol. The van der Waals surface area contributed by atoms with E-state index in [9.17, 15) is 0 Å². The van der Waals surface area contributed by atoms with Gasteiger partial charge in [0.05, 0.1) is 19.3 Å². The summed E-state index contributed by atoms with van der Waals surface area (Å²) in [5.41, 5.74) is 7.64. The number of para-hydroxylation sites is 1. The fourth-order valence-electron chi connectivity index (χ4n) is 1.94. The molecule has 0 aliphatic rings. The highest BCUT2D eigenvalue weighted by Gasteiger charge is 2.12. The van der Waals surface area contributed by atoms with E-state index in [0.717, 1.165) is 6.42 Å². The molecule has 2 rings (SSSR count). The summed E-state index contributed by atoms with van der Waals surface area (Å²) >= 11 is 5.04. The number of benzene rings is 2. The third-order valence-corrected chi connectivity index (χ3v) is 3.16. The van der Waals surface area contributed by atoms with Crippen LogP contribution in [-0.2, 0) is 6.42 Å². The van der Waals surface area contributed by atoms with Crippen molar-refractivity contribution < 1.29 is 9.47 Å². The maximum absolute atomic E-state index is 5.83. The summed E-state index contributed by atoms with van der Waals surface area (Å²) in [6.45, 7) is 0.542. The molecule has 0 spiro atoms. The van der Waals surface area contributed by atoms with Crippen LogP contribution in [0.25, 0.3) is 0 Å². The van der Waals surface area contributed by atoms with Gasteiger partial charge in [-0.05, 0) is 17.7 Å². The minimum Gasteiger partial charge on any atom is -0.493 e. The van der Waals surface area contributed by atoms with E-state index in [-0.39, 0.29) is 0 Å². The summed E-state index contributed by atoms with van der Waals surface area (Å²) in [6, 6.07) is 15.7. The van der Waals surface area contributed by atoms with E-state index >= 15 is 0 Å². The van der Waals surface area contributed by atoms with Crippen LogP contribution in [0.1, 0.15) is 11.1 Å². The molecule has 104 valence electrons. The normalized spacial score (nSPS) is 10.1. The minimum atomic E-state index is 0.304. The van der Waals surface area contributed by atoms with Crippen molar-refractivity contribution in [3.05, 3.63) is 59.7 Å². The second-order valence-corrected chi connectivity index (χ2v) is 4.73. The van der Waals surface area contributed by atoms with Gasteiger partial charge < -0.3 is 15.2 Å². The van der Waals surface area contributed by atoms with E-state index in [1.807, 2.05) is 36.4 Å². The Balaban J connectivity index is 2.10. The summed E-state index contributed by atoms with van der Waals surface area (Å²) in [6.07, 6.45) is 0.815. The predicted molar refractivity (Wildman–Crippen MR) is 84.5 cm³/mol. The lowest BCUT2D eigenvalue weighted by molar-refractivity contribution is 0.297. The van der Waals surface area contributed by atoms with Crippen molar-refractivity contribution in [2.45, 2.75) is 6.42 Å². The summed E-state index contributed by atoms with van der Waals surface area (Å²) in [5, 5.41) is 0. The Morgan fingerprint density at radius 1 is 1.10 bits per heavy atom. The van der Waals surface area contributed by atoms with E-state index in [1.54, 1.807) is 7.11 Å². The fraction of sp³-hybridized carbons (Fsp3) is 0.188. The first kappa shape index (κ1) is 14.3. The smallest absolute Gasteiger partial charge is 0.171 e. The van der Waals surface area contributed by atoms with Gasteiger partial charge in [-0.2, -0.15) is 0 Å². The highest BCUT2D eigenvalue weighted by molar-refractivity contribution is 7.80. The van der Waals surface area contributed by atoms with Crippen LogP contribution in [0.3, 0.4) is 0 Å². The van der Waals surface area contributed by atoms with Crippen molar-refractivity contribution in [1.29, 1.82) is 0 Å². The Labute approximate surface area is 124 Å². The molecule has 4 heteroatoms. The van der Waals surface area contributed by atoms with Crippen LogP contribution in [-0.4, -0.2) is 18.7 Å². The van der Waals surface area contributed by atoms with E-state index in [4.69, 9.17) is 27.4 Å². The van der Waals surface area contributed by atoms with Crippen LogP contribution >= 0.6 is 12.2 Å². The number of methoxy groups -OCH3 is 1. The van der Waals surface area contributed by atoms with Crippen molar-refractivity contribution >= 4 is 17.2 Å². The Bertz CT molecular complexity index is 584. The zero-order chi connectivity index (χ0) is 14.4. The molecule has 0 atom stereocenters. The van der Waals surface area contributed by atoms with Crippen molar-refractivity contribution in [3.63, 3.8) is 0 Å². The Hall–Kier alpha value is -2.07. The number of thiocarbonyl (C=S) groups is 1. The molecule has 0 heterocycles. The summed E-state index contributed by atoms with van der Waals surface area (Å²) < 4.78 is 11.1. The topological polar surface area (TPSA) is 44.5 Å². The van der Waals surface area contributed by atoms with Crippen molar-refractivity contribution in [2.75, 3.05) is 13.7 Å². The molecule has 0 aromatic heterocycles. The predicted octanol–water partition coefficient (Wildman–Crippen LogP) is 2.95. The molecule has 0 amide bonds. The standard InChI is InChI=1S/C16H17NO2S/c1-18-14-9-5-8-13(16(17)20)15(14)19-11-10-12-6-3-2-4-7-12/h2-9H,10-11H2,1H3,(H2,17,20). The molecule has 20 heavy (non-hydrogen) atoms. The number of rotatable bonds is 6. The van der Waals surface area contributed by atoms with E-state index in [1.165, 1.54) is 5.56 Å². The zero-order valence-electron chi connectivity index (χ0n) is 11.3. The maximum atomic E-state index is 5.83. The highest BCUT2D eigenvalue weighted by atomic mass is 32.1. The molecule has 2 N–H and O–H groups in total.